The Morgan fingerprint density at radius 3 is 2.32 bits per heavy atom. The van der Waals surface area contributed by atoms with Crippen molar-refractivity contribution in [2.75, 3.05) is 0 Å². The number of alkyl halides is 3. The lowest BCUT2D eigenvalue weighted by molar-refractivity contribution is -0.236. The first-order chi connectivity index (χ1) is 9.88. The smallest absolute Gasteiger partial charge is 0.391 e. The number of hydrogen-bond acceptors (Lipinski definition) is 2. The summed E-state index contributed by atoms with van der Waals surface area (Å²) in [5.41, 5.74) is -1.42. The van der Waals surface area contributed by atoms with E-state index in [-0.39, 0.29) is 42.5 Å². The fraction of sp³-hybridized carbons (Fsp3) is 0.941. The van der Waals surface area contributed by atoms with Gasteiger partial charge in [-0.2, -0.15) is 13.2 Å². The number of carbonyl (C=O) groups is 1. The second-order valence-electron chi connectivity index (χ2n) is 8.78. The van der Waals surface area contributed by atoms with Crippen molar-refractivity contribution in [1.82, 2.24) is 0 Å². The molecule has 5 heteroatoms. The Balaban J connectivity index is 2.02. The van der Waals surface area contributed by atoms with E-state index < -0.39 is 23.1 Å². The lowest BCUT2D eigenvalue weighted by Crippen LogP contribution is -2.58. The van der Waals surface area contributed by atoms with Crippen LogP contribution in [0.25, 0.3) is 0 Å². The van der Waals surface area contributed by atoms with Crippen LogP contribution in [0, 0.1) is 28.6 Å². The highest BCUT2D eigenvalue weighted by atomic mass is 19.4. The number of fused-ring (bicyclic) bond motifs is 3. The second kappa shape index (κ2) is 4.41. The monoisotopic (exact) mass is 318 g/mol. The van der Waals surface area contributed by atoms with Crippen LogP contribution in [0.2, 0.25) is 0 Å². The molecule has 2 aliphatic carbocycles. The van der Waals surface area contributed by atoms with Crippen LogP contribution in [0.4, 0.5) is 13.2 Å². The van der Waals surface area contributed by atoms with Crippen molar-refractivity contribution in [3.63, 3.8) is 0 Å². The molecule has 5 atom stereocenters. The molecular weight excluding hydrogens is 293 g/mol. The Hall–Kier alpha value is -0.740. The number of halogens is 3. The maximum Gasteiger partial charge on any atom is 0.391 e. The van der Waals surface area contributed by atoms with Gasteiger partial charge in [-0.1, -0.05) is 20.8 Å². The molecule has 0 aromatic rings. The molecule has 0 radical (unpaired) electrons. The minimum Gasteiger partial charge on any atom is -0.459 e. The average Bonchev–Trinajstić information content (AvgIpc) is 2.62. The first-order valence-electron chi connectivity index (χ1n) is 8.17. The minimum atomic E-state index is -4.16. The van der Waals surface area contributed by atoms with Crippen molar-refractivity contribution in [2.45, 2.75) is 71.6 Å². The van der Waals surface area contributed by atoms with Gasteiger partial charge >= 0.3 is 12.1 Å². The van der Waals surface area contributed by atoms with E-state index in [0.29, 0.717) is 0 Å². The molecule has 0 aromatic carbocycles. The van der Waals surface area contributed by atoms with Crippen LogP contribution in [0.5, 0.6) is 0 Å². The molecule has 1 heterocycles. The van der Waals surface area contributed by atoms with E-state index in [9.17, 15) is 18.0 Å². The van der Waals surface area contributed by atoms with Gasteiger partial charge in [0.2, 0.25) is 0 Å². The van der Waals surface area contributed by atoms with Gasteiger partial charge in [0.25, 0.3) is 0 Å². The van der Waals surface area contributed by atoms with Crippen molar-refractivity contribution < 1.29 is 22.7 Å². The molecule has 0 N–H and O–H groups in total. The zero-order chi connectivity index (χ0) is 16.6. The van der Waals surface area contributed by atoms with Gasteiger partial charge in [-0.25, -0.2) is 0 Å². The van der Waals surface area contributed by atoms with E-state index in [1.807, 2.05) is 27.7 Å². The Labute approximate surface area is 129 Å². The van der Waals surface area contributed by atoms with Gasteiger partial charge in [-0.15, -0.1) is 0 Å². The van der Waals surface area contributed by atoms with Gasteiger partial charge in [-0.3, -0.25) is 4.79 Å². The summed E-state index contributed by atoms with van der Waals surface area (Å²) >= 11 is 0. The van der Waals surface area contributed by atoms with Crippen LogP contribution < -0.4 is 0 Å². The molecule has 2 saturated carbocycles. The fourth-order valence-corrected chi connectivity index (χ4v) is 6.09. The first kappa shape index (κ1) is 16.1. The van der Waals surface area contributed by atoms with Gasteiger partial charge in [0.05, 0.1) is 12.3 Å². The van der Waals surface area contributed by atoms with Crippen molar-refractivity contribution in [3.05, 3.63) is 0 Å². The molecule has 1 aliphatic heterocycles. The lowest BCUT2D eigenvalue weighted by atomic mass is 9.44. The molecule has 0 amide bonds. The SMILES string of the molecule is CC1(C)CC(C(F)(F)F)C[C@]2(C)[C@H]3CC(=O)O[C@]3(C)CC[C@@H]12. The number of esters is 1. The molecule has 2 nitrogen and oxygen atoms in total. The number of ether oxygens (including phenoxy) is 1. The van der Waals surface area contributed by atoms with Gasteiger partial charge in [0, 0.05) is 5.92 Å². The van der Waals surface area contributed by atoms with Gasteiger partial charge in [0.1, 0.15) is 5.60 Å². The van der Waals surface area contributed by atoms with Crippen LogP contribution >= 0.6 is 0 Å². The van der Waals surface area contributed by atoms with Crippen molar-refractivity contribution in [1.29, 1.82) is 0 Å². The third-order valence-corrected chi connectivity index (χ3v) is 6.84. The summed E-state index contributed by atoms with van der Waals surface area (Å²) in [6.45, 7) is 7.82. The van der Waals surface area contributed by atoms with Gasteiger partial charge in [0.15, 0.2) is 0 Å². The Bertz CT molecular complexity index is 499. The average molecular weight is 318 g/mol. The quantitative estimate of drug-likeness (QED) is 0.604. The van der Waals surface area contributed by atoms with E-state index in [0.717, 1.165) is 12.8 Å². The molecule has 3 fully saturated rings. The predicted molar refractivity (Wildman–Crippen MR) is 76.0 cm³/mol. The molecule has 1 saturated heterocycles. The predicted octanol–water partition coefficient (Wildman–Crippen LogP) is 4.72. The van der Waals surface area contributed by atoms with E-state index in [1.165, 1.54) is 0 Å². The third-order valence-electron chi connectivity index (χ3n) is 6.84. The Morgan fingerprint density at radius 2 is 1.73 bits per heavy atom. The summed E-state index contributed by atoms with van der Waals surface area (Å²) in [6, 6.07) is 0. The van der Waals surface area contributed by atoms with Crippen LogP contribution in [0.15, 0.2) is 0 Å². The van der Waals surface area contributed by atoms with Crippen LogP contribution in [0.1, 0.15) is 59.8 Å². The summed E-state index contributed by atoms with van der Waals surface area (Å²) in [5.74, 6) is -1.41. The Morgan fingerprint density at radius 1 is 1.09 bits per heavy atom. The third kappa shape index (κ3) is 2.18. The lowest BCUT2D eigenvalue weighted by Gasteiger charge is -2.61. The standard InChI is InChI=1S/C17H25F3O2/c1-14(2)8-10(17(18,19)20)9-15(3)11(14)5-6-16(4)12(15)7-13(21)22-16/h10-12H,5-9H2,1-4H3/t10?,11-,12+,15-,16+/m0/s1. The molecule has 22 heavy (non-hydrogen) atoms. The summed E-state index contributed by atoms with van der Waals surface area (Å²) in [7, 11) is 0. The molecule has 3 aliphatic rings. The maximum absolute atomic E-state index is 13.4. The highest BCUT2D eigenvalue weighted by Gasteiger charge is 2.66. The normalized spacial score (nSPS) is 47.6. The van der Waals surface area contributed by atoms with E-state index >= 15 is 0 Å². The summed E-state index contributed by atoms with van der Waals surface area (Å²) in [4.78, 5) is 11.8. The minimum absolute atomic E-state index is 0.101. The van der Waals surface area contributed by atoms with Crippen molar-refractivity contribution in [3.8, 4) is 0 Å². The zero-order valence-electron chi connectivity index (χ0n) is 13.7. The largest absolute Gasteiger partial charge is 0.459 e. The van der Waals surface area contributed by atoms with E-state index in [4.69, 9.17) is 4.74 Å². The Kier molecular flexibility index (Phi) is 3.24. The summed E-state index contributed by atoms with van der Waals surface area (Å²) < 4.78 is 45.8. The zero-order valence-corrected chi connectivity index (χ0v) is 13.7. The van der Waals surface area contributed by atoms with Crippen LogP contribution in [-0.4, -0.2) is 17.7 Å². The highest BCUT2D eigenvalue weighted by molar-refractivity contribution is 5.73. The second-order valence-corrected chi connectivity index (χ2v) is 8.78. The molecular formula is C17H25F3O2. The molecule has 0 aromatic heterocycles. The number of hydrogen-bond donors (Lipinski definition) is 0. The fourth-order valence-electron chi connectivity index (χ4n) is 6.09. The van der Waals surface area contributed by atoms with Crippen molar-refractivity contribution >= 4 is 5.97 Å². The number of rotatable bonds is 0. The van der Waals surface area contributed by atoms with Crippen molar-refractivity contribution in [2.24, 2.45) is 28.6 Å². The maximum atomic E-state index is 13.4. The molecule has 3 rings (SSSR count). The molecule has 126 valence electrons. The highest BCUT2D eigenvalue weighted by Crippen LogP contribution is 2.67. The topological polar surface area (TPSA) is 26.3 Å². The summed E-state index contributed by atoms with van der Waals surface area (Å²) in [5, 5.41) is 0. The van der Waals surface area contributed by atoms with Gasteiger partial charge in [-0.05, 0) is 49.4 Å². The van der Waals surface area contributed by atoms with Gasteiger partial charge < -0.3 is 4.74 Å². The van der Waals surface area contributed by atoms with Crippen LogP contribution in [0.3, 0.4) is 0 Å². The first-order valence-corrected chi connectivity index (χ1v) is 8.17. The van der Waals surface area contributed by atoms with E-state index in [2.05, 4.69) is 0 Å². The number of carbonyl (C=O) groups excluding carboxylic acids is 1. The van der Waals surface area contributed by atoms with Crippen LogP contribution in [-0.2, 0) is 9.53 Å². The molecule has 1 unspecified atom stereocenters. The molecule has 0 bridgehead atoms. The summed E-state index contributed by atoms with van der Waals surface area (Å²) in [6.07, 6.45) is -1.97. The van der Waals surface area contributed by atoms with E-state index in [1.54, 1.807) is 0 Å². The molecule has 0 spiro atoms.